The predicted octanol–water partition coefficient (Wildman–Crippen LogP) is 3.71. The van der Waals surface area contributed by atoms with E-state index in [0.29, 0.717) is 6.42 Å². The maximum atomic E-state index is 13.1. The average Bonchev–Trinajstić information content (AvgIpc) is 2.01. The molecule has 0 nitrogen and oxygen atoms in total. The number of halogens is 2. The summed E-state index contributed by atoms with van der Waals surface area (Å²) in [4.78, 5) is 0. The zero-order chi connectivity index (χ0) is 9.56. The Bertz CT molecular complexity index is 206. The summed E-state index contributed by atoms with van der Waals surface area (Å²) in [7, 11) is 0. The summed E-state index contributed by atoms with van der Waals surface area (Å²) in [5.74, 6) is -0.414. The molecular weight excluding hydrogens is 158 g/mol. The second-order valence-electron chi connectivity index (χ2n) is 2.52. The van der Waals surface area contributed by atoms with Crippen LogP contribution < -0.4 is 0 Å². The van der Waals surface area contributed by atoms with Crippen LogP contribution in [-0.2, 0) is 0 Å². The summed E-state index contributed by atoms with van der Waals surface area (Å²) < 4.78 is 25.7. The fourth-order valence-corrected chi connectivity index (χ4v) is 1.01. The molecule has 0 spiro atoms. The number of hydrogen-bond donors (Lipinski definition) is 0. The number of allylic oxidation sites excluding steroid dienone is 3. The quantitative estimate of drug-likeness (QED) is 0.567. The van der Waals surface area contributed by atoms with Gasteiger partial charge in [-0.1, -0.05) is 13.5 Å². The lowest BCUT2D eigenvalue weighted by atomic mass is 10.1. The van der Waals surface area contributed by atoms with Crippen molar-refractivity contribution in [1.29, 1.82) is 0 Å². The molecule has 0 aromatic rings. The largest absolute Gasteiger partial charge is 0.242 e. The van der Waals surface area contributed by atoms with E-state index >= 15 is 0 Å². The zero-order valence-corrected chi connectivity index (χ0v) is 7.53. The molecule has 0 rings (SSSR count). The van der Waals surface area contributed by atoms with Crippen LogP contribution in [0.1, 0.15) is 26.7 Å². The van der Waals surface area contributed by atoms with Crippen molar-refractivity contribution in [3.8, 4) is 0 Å². The van der Waals surface area contributed by atoms with E-state index in [1.807, 2.05) is 0 Å². The fourth-order valence-electron chi connectivity index (χ4n) is 1.01. The van der Waals surface area contributed by atoms with Gasteiger partial charge in [-0.25, -0.2) is 8.78 Å². The van der Waals surface area contributed by atoms with E-state index < -0.39 is 12.0 Å². The van der Waals surface area contributed by atoms with E-state index in [1.165, 1.54) is 13.0 Å². The van der Waals surface area contributed by atoms with Gasteiger partial charge in [0.2, 0.25) is 0 Å². The molecular formula is C10H14F2. The fraction of sp³-hybridized carbons (Fsp3) is 0.500. The van der Waals surface area contributed by atoms with Crippen molar-refractivity contribution in [2.75, 3.05) is 0 Å². The van der Waals surface area contributed by atoms with E-state index in [9.17, 15) is 8.78 Å². The highest BCUT2D eigenvalue weighted by atomic mass is 19.1. The molecule has 0 heterocycles. The predicted molar refractivity (Wildman–Crippen MR) is 47.3 cm³/mol. The van der Waals surface area contributed by atoms with Crippen molar-refractivity contribution in [3.63, 3.8) is 0 Å². The number of rotatable bonds is 4. The first-order chi connectivity index (χ1) is 5.63. The van der Waals surface area contributed by atoms with Gasteiger partial charge in [0.05, 0.1) is 5.83 Å². The Morgan fingerprint density at radius 3 is 2.58 bits per heavy atom. The first kappa shape index (κ1) is 11.1. The SMILES string of the molecule is C=C=CCC(F)C(CC)=C(C)F. The smallest absolute Gasteiger partial charge is 0.128 e. The van der Waals surface area contributed by atoms with Crippen molar-refractivity contribution < 1.29 is 8.78 Å². The normalized spacial score (nSPS) is 14.7. The molecule has 0 aromatic carbocycles. The summed E-state index contributed by atoms with van der Waals surface area (Å²) in [6, 6.07) is 0. The van der Waals surface area contributed by atoms with Crippen LogP contribution in [0.4, 0.5) is 8.78 Å². The van der Waals surface area contributed by atoms with Crippen molar-refractivity contribution in [1.82, 2.24) is 0 Å². The summed E-state index contributed by atoms with van der Waals surface area (Å²) in [5, 5.41) is 0. The molecule has 0 aliphatic heterocycles. The second-order valence-corrected chi connectivity index (χ2v) is 2.52. The molecule has 0 aliphatic carbocycles. The van der Waals surface area contributed by atoms with Gasteiger partial charge in [0, 0.05) is 6.42 Å². The third kappa shape index (κ3) is 3.49. The lowest BCUT2D eigenvalue weighted by molar-refractivity contribution is 0.368. The van der Waals surface area contributed by atoms with Crippen LogP contribution in [0.25, 0.3) is 0 Å². The van der Waals surface area contributed by atoms with Crippen LogP contribution in [0.15, 0.2) is 29.8 Å². The second kappa shape index (κ2) is 5.73. The molecule has 0 aromatic heterocycles. The van der Waals surface area contributed by atoms with Crippen LogP contribution in [0, 0.1) is 0 Å². The first-order valence-corrected chi connectivity index (χ1v) is 3.97. The van der Waals surface area contributed by atoms with Crippen LogP contribution in [0.5, 0.6) is 0 Å². The van der Waals surface area contributed by atoms with Crippen molar-refractivity contribution in [3.05, 3.63) is 29.8 Å². The zero-order valence-electron chi connectivity index (χ0n) is 7.53. The maximum absolute atomic E-state index is 13.1. The topological polar surface area (TPSA) is 0 Å². The van der Waals surface area contributed by atoms with E-state index in [-0.39, 0.29) is 12.0 Å². The minimum atomic E-state index is -1.23. The van der Waals surface area contributed by atoms with Gasteiger partial charge in [-0.3, -0.25) is 0 Å². The van der Waals surface area contributed by atoms with Gasteiger partial charge >= 0.3 is 0 Å². The summed E-state index contributed by atoms with van der Waals surface area (Å²) in [6.45, 7) is 6.33. The van der Waals surface area contributed by atoms with Gasteiger partial charge in [0.15, 0.2) is 0 Å². The lowest BCUT2D eigenvalue weighted by Crippen LogP contribution is -2.03. The summed E-state index contributed by atoms with van der Waals surface area (Å²) >= 11 is 0. The monoisotopic (exact) mass is 172 g/mol. The molecule has 68 valence electrons. The molecule has 0 amide bonds. The third-order valence-electron chi connectivity index (χ3n) is 1.67. The number of alkyl halides is 1. The number of hydrogen-bond acceptors (Lipinski definition) is 0. The molecule has 0 N–H and O–H groups in total. The van der Waals surface area contributed by atoms with Gasteiger partial charge in [-0.05, 0) is 25.0 Å². The van der Waals surface area contributed by atoms with Crippen molar-refractivity contribution >= 4 is 0 Å². The molecule has 0 saturated carbocycles. The van der Waals surface area contributed by atoms with Gasteiger partial charge in [-0.2, -0.15) is 0 Å². The molecule has 0 saturated heterocycles. The molecule has 1 unspecified atom stereocenters. The van der Waals surface area contributed by atoms with Gasteiger partial charge in [0.25, 0.3) is 0 Å². The standard InChI is InChI=1S/C10H14F2/c1-4-6-7-10(12)9(5-2)8(3)11/h6,10H,1,5,7H2,2-3H3. The maximum Gasteiger partial charge on any atom is 0.128 e. The Morgan fingerprint density at radius 2 is 2.25 bits per heavy atom. The Balaban J connectivity index is 4.32. The highest BCUT2D eigenvalue weighted by Gasteiger charge is 2.12. The molecule has 1 atom stereocenters. The van der Waals surface area contributed by atoms with Gasteiger partial charge in [-0.15, -0.1) is 5.73 Å². The van der Waals surface area contributed by atoms with Crippen LogP contribution in [-0.4, -0.2) is 6.17 Å². The summed E-state index contributed by atoms with van der Waals surface area (Å²) in [6.07, 6.45) is 0.820. The van der Waals surface area contributed by atoms with Crippen LogP contribution >= 0.6 is 0 Å². The summed E-state index contributed by atoms with van der Waals surface area (Å²) in [5.41, 5.74) is 2.69. The highest BCUT2D eigenvalue weighted by Crippen LogP contribution is 2.19. The van der Waals surface area contributed by atoms with Gasteiger partial charge < -0.3 is 0 Å². The Kier molecular flexibility index (Phi) is 5.31. The Hall–Kier alpha value is -0.880. The van der Waals surface area contributed by atoms with Crippen LogP contribution in [0.2, 0.25) is 0 Å². The van der Waals surface area contributed by atoms with E-state index in [2.05, 4.69) is 12.3 Å². The van der Waals surface area contributed by atoms with E-state index in [1.54, 1.807) is 6.92 Å². The molecule has 0 fully saturated rings. The molecule has 0 bridgehead atoms. The molecule has 0 aliphatic rings. The van der Waals surface area contributed by atoms with Crippen molar-refractivity contribution in [2.45, 2.75) is 32.9 Å². The average molecular weight is 172 g/mol. The Morgan fingerprint density at radius 1 is 1.67 bits per heavy atom. The Labute approximate surface area is 72.3 Å². The minimum absolute atomic E-state index is 0.161. The van der Waals surface area contributed by atoms with E-state index in [0.717, 1.165) is 0 Å². The minimum Gasteiger partial charge on any atom is -0.242 e. The molecule has 0 radical (unpaired) electrons. The van der Waals surface area contributed by atoms with Crippen molar-refractivity contribution in [2.24, 2.45) is 0 Å². The molecule has 12 heavy (non-hydrogen) atoms. The van der Waals surface area contributed by atoms with E-state index in [4.69, 9.17) is 0 Å². The van der Waals surface area contributed by atoms with Crippen LogP contribution in [0.3, 0.4) is 0 Å². The lowest BCUT2D eigenvalue weighted by Gasteiger charge is -2.08. The first-order valence-electron chi connectivity index (χ1n) is 3.97. The van der Waals surface area contributed by atoms with Gasteiger partial charge in [0.1, 0.15) is 6.17 Å². The highest BCUT2D eigenvalue weighted by molar-refractivity contribution is 5.12. The molecule has 2 heteroatoms. The third-order valence-corrected chi connectivity index (χ3v) is 1.67.